The van der Waals surface area contributed by atoms with Crippen LogP contribution in [-0.2, 0) is 4.79 Å². The molecule has 1 aliphatic carbocycles. The van der Waals surface area contributed by atoms with E-state index in [2.05, 4.69) is 0 Å². The van der Waals surface area contributed by atoms with E-state index in [0.717, 1.165) is 24.2 Å². The number of amides is 1. The molecule has 0 spiro atoms. The minimum absolute atomic E-state index is 0.0447. The molecule has 31 heavy (non-hydrogen) atoms. The van der Waals surface area contributed by atoms with Gasteiger partial charge in [-0.2, -0.15) is 0 Å². The van der Waals surface area contributed by atoms with Gasteiger partial charge in [-0.1, -0.05) is 43.5 Å². The van der Waals surface area contributed by atoms with Crippen molar-refractivity contribution < 1.29 is 19.0 Å². The van der Waals surface area contributed by atoms with E-state index in [-0.39, 0.29) is 5.91 Å². The first kappa shape index (κ1) is 22.7. The van der Waals surface area contributed by atoms with E-state index < -0.39 is 0 Å². The van der Waals surface area contributed by atoms with Gasteiger partial charge in [0.05, 0.1) is 6.61 Å². The molecular weight excluding hydrogens is 390 g/mol. The Morgan fingerprint density at radius 2 is 1.71 bits per heavy atom. The molecule has 0 aliphatic heterocycles. The quantitative estimate of drug-likeness (QED) is 0.382. The van der Waals surface area contributed by atoms with Crippen LogP contribution in [0.2, 0.25) is 0 Å². The molecule has 0 atom stereocenters. The van der Waals surface area contributed by atoms with Crippen molar-refractivity contribution in [3.05, 3.63) is 60.2 Å². The topological polar surface area (TPSA) is 48.0 Å². The van der Waals surface area contributed by atoms with Gasteiger partial charge in [-0.3, -0.25) is 4.79 Å². The van der Waals surface area contributed by atoms with Crippen molar-refractivity contribution >= 4 is 12.0 Å². The number of benzene rings is 2. The number of likely N-dealkylation sites (N-methyl/N-ethyl adjacent to an activating group) is 1. The van der Waals surface area contributed by atoms with Gasteiger partial charge >= 0.3 is 0 Å². The predicted octanol–water partition coefficient (Wildman–Crippen LogP) is 5.35. The van der Waals surface area contributed by atoms with E-state index in [1.54, 1.807) is 6.08 Å². The third-order valence-electron chi connectivity index (χ3n) is 5.51. The van der Waals surface area contributed by atoms with Crippen LogP contribution in [0.3, 0.4) is 0 Å². The minimum Gasteiger partial charge on any atom is -0.490 e. The van der Waals surface area contributed by atoms with Crippen LogP contribution in [0.15, 0.2) is 54.6 Å². The Morgan fingerprint density at radius 1 is 0.968 bits per heavy atom. The van der Waals surface area contributed by atoms with Crippen LogP contribution in [0, 0.1) is 0 Å². The summed E-state index contributed by atoms with van der Waals surface area (Å²) in [7, 11) is 1.91. The first-order valence-corrected chi connectivity index (χ1v) is 11.2. The number of para-hydroxylation sites is 1. The van der Waals surface area contributed by atoms with E-state index >= 15 is 0 Å². The summed E-state index contributed by atoms with van der Waals surface area (Å²) < 4.78 is 17.3. The molecule has 0 heterocycles. The number of nitrogens with zero attached hydrogens (tertiary/aromatic N) is 1. The molecule has 3 rings (SSSR count). The molecule has 1 amide bonds. The highest BCUT2D eigenvalue weighted by Crippen LogP contribution is 2.29. The number of carbonyl (C=O) groups excluding carboxylic acids is 1. The van der Waals surface area contributed by atoms with E-state index in [9.17, 15) is 4.79 Å². The molecule has 0 unspecified atom stereocenters. The van der Waals surface area contributed by atoms with Crippen molar-refractivity contribution in [2.75, 3.05) is 26.9 Å². The third kappa shape index (κ3) is 7.06. The largest absolute Gasteiger partial charge is 0.490 e. The molecule has 0 bridgehead atoms. The zero-order chi connectivity index (χ0) is 21.9. The lowest BCUT2D eigenvalue weighted by atomic mass is 9.94. The molecule has 0 N–H and O–H groups in total. The van der Waals surface area contributed by atoms with Crippen LogP contribution < -0.4 is 14.2 Å². The fourth-order valence-electron chi connectivity index (χ4n) is 3.78. The number of rotatable bonds is 10. The molecule has 0 aromatic heterocycles. The van der Waals surface area contributed by atoms with Crippen LogP contribution in [0.5, 0.6) is 17.2 Å². The van der Waals surface area contributed by atoms with Crippen molar-refractivity contribution in [3.63, 3.8) is 0 Å². The molecule has 5 nitrogen and oxygen atoms in total. The second-order valence-electron chi connectivity index (χ2n) is 7.72. The molecule has 0 saturated heterocycles. The maximum atomic E-state index is 12.6. The van der Waals surface area contributed by atoms with Gasteiger partial charge in [0.2, 0.25) is 5.91 Å². The monoisotopic (exact) mass is 423 g/mol. The zero-order valence-corrected chi connectivity index (χ0v) is 18.6. The highest BCUT2D eigenvalue weighted by Gasteiger charge is 2.20. The molecule has 166 valence electrons. The van der Waals surface area contributed by atoms with Crippen LogP contribution in [-0.4, -0.2) is 43.7 Å². The van der Waals surface area contributed by atoms with Gasteiger partial charge < -0.3 is 19.1 Å². The summed E-state index contributed by atoms with van der Waals surface area (Å²) in [6.45, 7) is 3.33. The Labute approximate surface area is 185 Å². The molecule has 2 aromatic carbocycles. The summed E-state index contributed by atoms with van der Waals surface area (Å²) in [5.41, 5.74) is 0.904. The lowest BCUT2D eigenvalue weighted by Crippen LogP contribution is -2.37. The van der Waals surface area contributed by atoms with Crippen LogP contribution >= 0.6 is 0 Å². The predicted molar refractivity (Wildman–Crippen MR) is 124 cm³/mol. The number of carbonyl (C=O) groups is 1. The van der Waals surface area contributed by atoms with Crippen molar-refractivity contribution in [1.29, 1.82) is 0 Å². The average Bonchev–Trinajstić information content (AvgIpc) is 2.82. The maximum absolute atomic E-state index is 12.6. The third-order valence-corrected chi connectivity index (χ3v) is 5.51. The highest BCUT2D eigenvalue weighted by molar-refractivity contribution is 5.91. The van der Waals surface area contributed by atoms with Gasteiger partial charge in [0.25, 0.3) is 0 Å². The van der Waals surface area contributed by atoms with Crippen molar-refractivity contribution in [3.8, 4) is 17.2 Å². The molecule has 1 aliphatic rings. The fourth-order valence-corrected chi connectivity index (χ4v) is 3.78. The minimum atomic E-state index is 0.0447. The van der Waals surface area contributed by atoms with E-state index in [1.165, 1.54) is 19.3 Å². The summed E-state index contributed by atoms with van der Waals surface area (Å²) in [5.74, 6) is 2.20. The second kappa shape index (κ2) is 12.0. The summed E-state index contributed by atoms with van der Waals surface area (Å²) in [5, 5.41) is 0. The normalized spacial score (nSPS) is 14.4. The van der Waals surface area contributed by atoms with Gasteiger partial charge in [-0.05, 0) is 55.7 Å². The Bertz CT molecular complexity index is 844. The summed E-state index contributed by atoms with van der Waals surface area (Å²) in [6.07, 6.45) is 9.39. The van der Waals surface area contributed by atoms with E-state index in [4.69, 9.17) is 14.2 Å². The highest BCUT2D eigenvalue weighted by atomic mass is 16.5. The Kier molecular flexibility index (Phi) is 8.83. The Hall–Kier alpha value is -2.95. The smallest absolute Gasteiger partial charge is 0.246 e. The first-order valence-electron chi connectivity index (χ1n) is 11.2. The molecule has 5 heteroatoms. The maximum Gasteiger partial charge on any atom is 0.246 e. The van der Waals surface area contributed by atoms with Crippen molar-refractivity contribution in [2.24, 2.45) is 0 Å². The number of ether oxygens (including phenoxy) is 3. The number of hydrogen-bond acceptors (Lipinski definition) is 4. The zero-order valence-electron chi connectivity index (χ0n) is 18.6. The molecular formula is C26H33NO4. The summed E-state index contributed by atoms with van der Waals surface area (Å²) in [6, 6.07) is 15.7. The number of hydrogen-bond donors (Lipinski definition) is 0. The van der Waals surface area contributed by atoms with Gasteiger partial charge in [0, 0.05) is 19.2 Å². The average molecular weight is 424 g/mol. The SMILES string of the molecule is CCOc1cc(/C=C/C(=O)N(C)C2CCCCC2)ccc1OCCOc1ccccc1. The lowest BCUT2D eigenvalue weighted by Gasteiger charge is -2.30. The van der Waals surface area contributed by atoms with Crippen LogP contribution in [0.4, 0.5) is 0 Å². The second-order valence-corrected chi connectivity index (χ2v) is 7.72. The van der Waals surface area contributed by atoms with Crippen molar-refractivity contribution in [2.45, 2.75) is 45.1 Å². The van der Waals surface area contributed by atoms with Gasteiger partial charge in [0.15, 0.2) is 11.5 Å². The molecule has 1 fully saturated rings. The van der Waals surface area contributed by atoms with Gasteiger partial charge in [-0.25, -0.2) is 0 Å². The molecule has 2 aromatic rings. The lowest BCUT2D eigenvalue weighted by molar-refractivity contribution is -0.127. The summed E-state index contributed by atoms with van der Waals surface area (Å²) >= 11 is 0. The summed E-state index contributed by atoms with van der Waals surface area (Å²) in [4.78, 5) is 14.4. The Balaban J connectivity index is 1.55. The molecule has 0 radical (unpaired) electrons. The fraction of sp³-hybridized carbons (Fsp3) is 0.423. The standard InChI is InChI=1S/C26H33NO4/c1-3-29-25-20-21(15-17-26(28)27(2)22-10-6-4-7-11-22)14-16-24(25)31-19-18-30-23-12-8-5-9-13-23/h5,8-9,12-17,20,22H,3-4,6-7,10-11,18-19H2,1-2H3/b17-15+. The van der Waals surface area contributed by atoms with Crippen molar-refractivity contribution in [1.82, 2.24) is 4.90 Å². The van der Waals surface area contributed by atoms with Crippen LogP contribution in [0.25, 0.3) is 6.08 Å². The molecule has 1 saturated carbocycles. The Morgan fingerprint density at radius 3 is 2.45 bits per heavy atom. The van der Waals surface area contributed by atoms with E-state index in [0.29, 0.717) is 37.4 Å². The first-order chi connectivity index (χ1) is 15.2. The van der Waals surface area contributed by atoms with Crippen LogP contribution in [0.1, 0.15) is 44.6 Å². The van der Waals surface area contributed by atoms with E-state index in [1.807, 2.05) is 73.5 Å². The van der Waals surface area contributed by atoms with Gasteiger partial charge in [-0.15, -0.1) is 0 Å². The van der Waals surface area contributed by atoms with Gasteiger partial charge in [0.1, 0.15) is 19.0 Å².